The minimum absolute atomic E-state index is 0.0658. The van der Waals surface area contributed by atoms with Crippen molar-refractivity contribution in [2.24, 2.45) is 0 Å². The van der Waals surface area contributed by atoms with E-state index in [1.54, 1.807) is 6.92 Å². The van der Waals surface area contributed by atoms with Gasteiger partial charge in [0.1, 0.15) is 0 Å². The van der Waals surface area contributed by atoms with Gasteiger partial charge < -0.3 is 19.9 Å². The summed E-state index contributed by atoms with van der Waals surface area (Å²) < 4.78 is 9.84. The van der Waals surface area contributed by atoms with Gasteiger partial charge >= 0.3 is 5.97 Å². The van der Waals surface area contributed by atoms with Crippen LogP contribution in [-0.4, -0.2) is 50.6 Å². The van der Waals surface area contributed by atoms with Crippen LogP contribution in [0, 0.1) is 0 Å². The second-order valence-corrected chi connectivity index (χ2v) is 2.99. The highest BCUT2D eigenvalue weighted by molar-refractivity contribution is 5.69. The van der Waals surface area contributed by atoms with E-state index >= 15 is 0 Å². The molecule has 0 saturated carbocycles. The molecule has 0 unspecified atom stereocenters. The first-order chi connectivity index (χ1) is 7.31. The summed E-state index contributed by atoms with van der Waals surface area (Å²) >= 11 is 0. The van der Waals surface area contributed by atoms with Crippen LogP contribution in [0.5, 0.6) is 0 Å². The van der Waals surface area contributed by atoms with Crippen molar-refractivity contribution in [1.29, 1.82) is 0 Å². The van der Waals surface area contributed by atoms with Crippen LogP contribution in [0.3, 0.4) is 0 Å². The number of carbonyl (C=O) groups excluding carboxylic acids is 1. The maximum absolute atomic E-state index is 10.9. The highest BCUT2D eigenvalue weighted by Gasteiger charge is 1.99. The molecule has 0 aliphatic carbocycles. The van der Waals surface area contributed by atoms with Crippen molar-refractivity contribution in [1.82, 2.24) is 5.32 Å². The van der Waals surface area contributed by atoms with Gasteiger partial charge in [-0.1, -0.05) is 0 Å². The van der Waals surface area contributed by atoms with E-state index < -0.39 is 0 Å². The first-order valence-electron chi connectivity index (χ1n) is 5.36. The highest BCUT2D eigenvalue weighted by Crippen LogP contribution is 1.85. The zero-order chi connectivity index (χ0) is 11.4. The van der Waals surface area contributed by atoms with Gasteiger partial charge in [-0.2, -0.15) is 0 Å². The van der Waals surface area contributed by atoms with Gasteiger partial charge in [0.2, 0.25) is 0 Å². The molecule has 0 heterocycles. The van der Waals surface area contributed by atoms with E-state index in [0.29, 0.717) is 32.8 Å². The number of hydrogen-bond acceptors (Lipinski definition) is 5. The van der Waals surface area contributed by atoms with Crippen LogP contribution in [0.15, 0.2) is 0 Å². The number of ether oxygens (including phenoxy) is 2. The summed E-state index contributed by atoms with van der Waals surface area (Å²) in [4.78, 5) is 10.9. The van der Waals surface area contributed by atoms with Crippen molar-refractivity contribution >= 4 is 5.97 Å². The number of aliphatic hydroxyl groups excluding tert-OH is 1. The standard InChI is InChI=1S/C10H21NO4/c1-2-15-10(13)4-6-11-5-3-8-14-9-7-12/h11-12H,2-9H2,1H3. The summed E-state index contributed by atoms with van der Waals surface area (Å²) in [7, 11) is 0. The third kappa shape index (κ3) is 11.3. The van der Waals surface area contributed by atoms with Gasteiger partial charge in [-0.15, -0.1) is 0 Å². The second kappa shape index (κ2) is 11.4. The molecule has 90 valence electrons. The molecule has 0 radical (unpaired) electrons. The minimum Gasteiger partial charge on any atom is -0.466 e. The Kier molecular flexibility index (Phi) is 10.9. The molecule has 0 aliphatic rings. The van der Waals surface area contributed by atoms with E-state index in [0.717, 1.165) is 13.0 Å². The van der Waals surface area contributed by atoms with Crippen LogP contribution in [0.25, 0.3) is 0 Å². The lowest BCUT2D eigenvalue weighted by molar-refractivity contribution is -0.142. The van der Waals surface area contributed by atoms with Gasteiger partial charge in [0, 0.05) is 13.2 Å². The van der Waals surface area contributed by atoms with Crippen molar-refractivity contribution in [3.8, 4) is 0 Å². The third-order valence-corrected chi connectivity index (χ3v) is 1.69. The summed E-state index contributed by atoms with van der Waals surface area (Å²) in [6, 6.07) is 0. The summed E-state index contributed by atoms with van der Waals surface area (Å²) in [5.41, 5.74) is 0. The third-order valence-electron chi connectivity index (χ3n) is 1.69. The molecule has 0 rings (SSSR count). The van der Waals surface area contributed by atoms with Crippen LogP contribution in [0.4, 0.5) is 0 Å². The average molecular weight is 219 g/mol. The van der Waals surface area contributed by atoms with E-state index in [9.17, 15) is 4.79 Å². The molecule has 0 spiro atoms. The Bertz CT molecular complexity index is 152. The summed E-state index contributed by atoms with van der Waals surface area (Å²) in [5, 5.41) is 11.5. The molecule has 0 atom stereocenters. The van der Waals surface area contributed by atoms with Crippen molar-refractivity contribution in [3.05, 3.63) is 0 Å². The number of carbonyl (C=O) groups is 1. The van der Waals surface area contributed by atoms with Crippen molar-refractivity contribution in [2.45, 2.75) is 19.8 Å². The monoisotopic (exact) mass is 219 g/mol. The van der Waals surface area contributed by atoms with Gasteiger partial charge in [-0.25, -0.2) is 0 Å². The fraction of sp³-hybridized carbons (Fsp3) is 0.900. The minimum atomic E-state index is -0.165. The summed E-state index contributed by atoms with van der Waals surface area (Å²) in [6.07, 6.45) is 1.29. The Hall–Kier alpha value is -0.650. The number of nitrogens with one attached hydrogen (secondary N) is 1. The largest absolute Gasteiger partial charge is 0.466 e. The van der Waals surface area contributed by atoms with Gasteiger partial charge in [-0.05, 0) is 19.9 Å². The molecule has 5 heteroatoms. The lowest BCUT2D eigenvalue weighted by Gasteiger charge is -2.05. The Balaban J connectivity index is 3.01. The number of rotatable bonds is 10. The number of esters is 1. The molecule has 0 aromatic rings. The topological polar surface area (TPSA) is 67.8 Å². The lowest BCUT2D eigenvalue weighted by Crippen LogP contribution is -2.21. The van der Waals surface area contributed by atoms with Gasteiger partial charge in [-0.3, -0.25) is 4.79 Å². The predicted molar refractivity (Wildman–Crippen MR) is 56.6 cm³/mol. The molecule has 0 bridgehead atoms. The Morgan fingerprint density at radius 3 is 2.80 bits per heavy atom. The second-order valence-electron chi connectivity index (χ2n) is 2.99. The zero-order valence-electron chi connectivity index (χ0n) is 9.33. The summed E-state index contributed by atoms with van der Waals surface area (Å²) in [5.74, 6) is -0.165. The normalized spacial score (nSPS) is 10.3. The molecule has 0 aromatic heterocycles. The lowest BCUT2D eigenvalue weighted by atomic mass is 10.4. The average Bonchev–Trinajstić information content (AvgIpc) is 2.22. The molecule has 0 amide bonds. The SMILES string of the molecule is CCOC(=O)CCNCCCOCCO. The van der Waals surface area contributed by atoms with Crippen LogP contribution < -0.4 is 5.32 Å². The van der Waals surface area contributed by atoms with Crippen molar-refractivity contribution < 1.29 is 19.4 Å². The highest BCUT2D eigenvalue weighted by atomic mass is 16.5. The van der Waals surface area contributed by atoms with Crippen LogP contribution in [-0.2, 0) is 14.3 Å². The first-order valence-corrected chi connectivity index (χ1v) is 5.36. The maximum atomic E-state index is 10.9. The van der Waals surface area contributed by atoms with E-state index in [2.05, 4.69) is 5.32 Å². The molecule has 0 saturated heterocycles. The van der Waals surface area contributed by atoms with Crippen molar-refractivity contribution in [3.63, 3.8) is 0 Å². The Morgan fingerprint density at radius 1 is 1.33 bits per heavy atom. The Labute approximate surface area is 90.8 Å². The smallest absolute Gasteiger partial charge is 0.307 e. The fourth-order valence-electron chi connectivity index (χ4n) is 1.01. The molecule has 0 fully saturated rings. The Morgan fingerprint density at radius 2 is 2.13 bits per heavy atom. The van der Waals surface area contributed by atoms with E-state index in [1.807, 2.05) is 0 Å². The zero-order valence-corrected chi connectivity index (χ0v) is 9.33. The quantitative estimate of drug-likeness (QED) is 0.397. The van der Waals surface area contributed by atoms with E-state index in [-0.39, 0.29) is 12.6 Å². The van der Waals surface area contributed by atoms with Crippen LogP contribution in [0.1, 0.15) is 19.8 Å². The maximum Gasteiger partial charge on any atom is 0.307 e. The first kappa shape index (κ1) is 14.3. The van der Waals surface area contributed by atoms with Crippen LogP contribution >= 0.6 is 0 Å². The molecule has 2 N–H and O–H groups in total. The van der Waals surface area contributed by atoms with Gasteiger partial charge in [0.05, 0.1) is 26.2 Å². The molecule has 15 heavy (non-hydrogen) atoms. The fourth-order valence-corrected chi connectivity index (χ4v) is 1.01. The number of aliphatic hydroxyl groups is 1. The van der Waals surface area contributed by atoms with E-state index in [4.69, 9.17) is 14.6 Å². The van der Waals surface area contributed by atoms with Crippen molar-refractivity contribution in [2.75, 3.05) is 39.5 Å². The van der Waals surface area contributed by atoms with E-state index in [1.165, 1.54) is 0 Å². The van der Waals surface area contributed by atoms with Gasteiger partial charge in [0.15, 0.2) is 0 Å². The predicted octanol–water partition coefficient (Wildman–Crippen LogP) is -0.0718. The molecule has 5 nitrogen and oxygen atoms in total. The molecular weight excluding hydrogens is 198 g/mol. The number of hydrogen-bond donors (Lipinski definition) is 2. The van der Waals surface area contributed by atoms with Crippen LogP contribution in [0.2, 0.25) is 0 Å². The molecular formula is C10H21NO4. The molecule has 0 aliphatic heterocycles. The molecule has 0 aromatic carbocycles. The summed E-state index contributed by atoms with van der Waals surface area (Å²) in [6.45, 7) is 4.77. The van der Waals surface area contributed by atoms with Gasteiger partial charge in [0.25, 0.3) is 0 Å².